The van der Waals surface area contributed by atoms with Gasteiger partial charge in [-0.25, -0.2) is 4.18 Å². The predicted molar refractivity (Wildman–Crippen MR) is 70.8 cm³/mol. The van der Waals surface area contributed by atoms with E-state index in [-0.39, 0.29) is 12.8 Å². The lowest BCUT2D eigenvalue weighted by Crippen LogP contribution is -2.40. The Hall–Kier alpha value is -0.370. The van der Waals surface area contributed by atoms with Crippen LogP contribution in [-0.2, 0) is 14.6 Å². The molecule has 0 heterocycles. The summed E-state index contributed by atoms with van der Waals surface area (Å²) in [5.74, 6) is -1.58. The van der Waals surface area contributed by atoms with E-state index in [0.717, 1.165) is 0 Å². The standard InChI is InChI=1S/C11H22O10S/c12-3-8(16)10-5(2-7(15)11(10)17)1-6(14)9(4-13)21-22(18,19)20/h5-17H,1-4H2,(H,18,19,20)/t5-,6+,7+,8-,9-,10-,11+/m0/s1. The van der Waals surface area contributed by atoms with Crippen LogP contribution in [0.2, 0.25) is 0 Å². The zero-order valence-corrected chi connectivity index (χ0v) is 12.4. The van der Waals surface area contributed by atoms with E-state index >= 15 is 0 Å². The van der Waals surface area contributed by atoms with Gasteiger partial charge in [-0.2, -0.15) is 8.42 Å². The number of hydrogen-bond donors (Lipinski definition) is 7. The Balaban J connectivity index is 2.77. The van der Waals surface area contributed by atoms with Gasteiger partial charge in [-0.15, -0.1) is 0 Å². The summed E-state index contributed by atoms with van der Waals surface area (Å²) in [4.78, 5) is 0. The summed E-state index contributed by atoms with van der Waals surface area (Å²) in [6.07, 6.45) is -7.20. The molecule has 0 saturated heterocycles. The van der Waals surface area contributed by atoms with Crippen molar-refractivity contribution in [3.8, 4) is 0 Å². The van der Waals surface area contributed by atoms with Gasteiger partial charge in [0.15, 0.2) is 0 Å². The molecule has 0 spiro atoms. The Morgan fingerprint density at radius 3 is 2.18 bits per heavy atom. The fourth-order valence-corrected chi connectivity index (χ4v) is 3.39. The predicted octanol–water partition coefficient (Wildman–Crippen LogP) is -3.37. The largest absolute Gasteiger partial charge is 0.397 e. The summed E-state index contributed by atoms with van der Waals surface area (Å²) in [6.45, 7) is -1.56. The third-order valence-corrected chi connectivity index (χ3v) is 4.40. The van der Waals surface area contributed by atoms with Crippen molar-refractivity contribution in [3.05, 3.63) is 0 Å². The minimum atomic E-state index is -4.88. The Morgan fingerprint density at radius 2 is 1.73 bits per heavy atom. The van der Waals surface area contributed by atoms with Gasteiger partial charge in [0, 0.05) is 5.92 Å². The Kier molecular flexibility index (Phi) is 7.11. The maximum absolute atomic E-state index is 10.6. The van der Waals surface area contributed by atoms with Crippen molar-refractivity contribution in [3.63, 3.8) is 0 Å². The molecule has 1 fully saturated rings. The van der Waals surface area contributed by atoms with Crippen molar-refractivity contribution in [2.45, 2.75) is 43.4 Å². The molecule has 0 aromatic carbocycles. The Bertz CT molecular complexity index is 440. The highest BCUT2D eigenvalue weighted by Crippen LogP contribution is 2.38. The van der Waals surface area contributed by atoms with E-state index < -0.39 is 66.0 Å². The van der Waals surface area contributed by atoms with E-state index in [1.807, 2.05) is 0 Å². The zero-order chi connectivity index (χ0) is 17.1. The van der Waals surface area contributed by atoms with Crippen LogP contribution in [0.3, 0.4) is 0 Å². The molecule has 0 aromatic rings. The van der Waals surface area contributed by atoms with Gasteiger partial charge >= 0.3 is 10.4 Å². The summed E-state index contributed by atoms with van der Waals surface area (Å²) in [5, 5.41) is 57.0. The molecule has 0 aromatic heterocycles. The van der Waals surface area contributed by atoms with Gasteiger partial charge in [0.05, 0.1) is 37.6 Å². The van der Waals surface area contributed by atoms with Crippen LogP contribution in [0.4, 0.5) is 0 Å². The lowest BCUT2D eigenvalue weighted by Gasteiger charge is -2.29. The average molecular weight is 346 g/mol. The molecular weight excluding hydrogens is 324 g/mol. The van der Waals surface area contributed by atoms with Crippen molar-refractivity contribution in [1.29, 1.82) is 0 Å². The molecule has 0 radical (unpaired) electrons. The summed E-state index contributed by atoms with van der Waals surface area (Å²) >= 11 is 0. The quantitative estimate of drug-likeness (QED) is 0.219. The molecule has 0 amide bonds. The first-order valence-corrected chi connectivity index (χ1v) is 8.06. The van der Waals surface area contributed by atoms with E-state index in [9.17, 15) is 28.8 Å². The van der Waals surface area contributed by atoms with Crippen LogP contribution in [-0.4, -0.2) is 87.3 Å². The second-order valence-corrected chi connectivity index (χ2v) is 6.48. The first-order valence-electron chi connectivity index (χ1n) is 6.70. The van der Waals surface area contributed by atoms with Crippen LogP contribution in [0, 0.1) is 11.8 Å². The van der Waals surface area contributed by atoms with Gasteiger partial charge < -0.3 is 30.6 Å². The third-order valence-electron chi connectivity index (χ3n) is 3.91. The van der Waals surface area contributed by atoms with Gasteiger partial charge in [0.1, 0.15) is 6.10 Å². The van der Waals surface area contributed by atoms with E-state index in [1.165, 1.54) is 0 Å². The second-order valence-electron chi connectivity index (χ2n) is 5.43. The van der Waals surface area contributed by atoms with Crippen LogP contribution in [0.25, 0.3) is 0 Å². The summed E-state index contributed by atoms with van der Waals surface area (Å²) in [6, 6.07) is 0. The molecule has 1 rings (SSSR count). The molecule has 1 aliphatic carbocycles. The zero-order valence-electron chi connectivity index (χ0n) is 11.6. The van der Waals surface area contributed by atoms with Crippen LogP contribution < -0.4 is 0 Å². The maximum Gasteiger partial charge on any atom is 0.397 e. The highest BCUT2D eigenvalue weighted by atomic mass is 32.3. The van der Waals surface area contributed by atoms with Crippen molar-refractivity contribution in [2.75, 3.05) is 13.2 Å². The Morgan fingerprint density at radius 1 is 1.14 bits per heavy atom. The lowest BCUT2D eigenvalue weighted by atomic mass is 9.85. The van der Waals surface area contributed by atoms with E-state index in [0.29, 0.717) is 0 Å². The van der Waals surface area contributed by atoms with E-state index in [1.54, 1.807) is 0 Å². The number of aliphatic hydroxyl groups is 6. The minimum absolute atomic E-state index is 0.00395. The highest BCUT2D eigenvalue weighted by molar-refractivity contribution is 7.80. The normalized spacial score (nSPS) is 33.6. The topological polar surface area (TPSA) is 185 Å². The van der Waals surface area contributed by atoms with Gasteiger partial charge in [-0.3, -0.25) is 4.55 Å². The summed E-state index contributed by atoms with van der Waals surface area (Å²) < 4.78 is 33.9. The number of aliphatic hydroxyl groups excluding tert-OH is 6. The molecule has 0 bridgehead atoms. The van der Waals surface area contributed by atoms with E-state index in [2.05, 4.69) is 4.18 Å². The second kappa shape index (κ2) is 7.95. The maximum atomic E-state index is 10.6. The van der Waals surface area contributed by atoms with Crippen LogP contribution >= 0.6 is 0 Å². The van der Waals surface area contributed by atoms with Crippen molar-refractivity contribution >= 4 is 10.4 Å². The molecule has 0 aliphatic heterocycles. The van der Waals surface area contributed by atoms with Gasteiger partial charge in [-0.1, -0.05) is 0 Å². The number of rotatable bonds is 8. The smallest absolute Gasteiger partial charge is 0.394 e. The SMILES string of the molecule is O=S(=O)(O)O[C@@H](CO)[C@H](O)C[C@H]1C[C@@H](O)[C@@H](O)[C@@H]1[C@@H](O)CO. The molecule has 22 heavy (non-hydrogen) atoms. The molecule has 10 nitrogen and oxygen atoms in total. The van der Waals surface area contributed by atoms with Crippen molar-refractivity contribution in [1.82, 2.24) is 0 Å². The third kappa shape index (κ3) is 5.08. The molecule has 1 saturated carbocycles. The van der Waals surface area contributed by atoms with Gasteiger partial charge in [0.2, 0.25) is 0 Å². The molecular formula is C11H22O10S. The molecule has 7 atom stereocenters. The minimum Gasteiger partial charge on any atom is -0.394 e. The van der Waals surface area contributed by atoms with Crippen LogP contribution in [0.5, 0.6) is 0 Å². The first-order chi connectivity index (χ1) is 10.1. The van der Waals surface area contributed by atoms with Crippen LogP contribution in [0.15, 0.2) is 0 Å². The number of hydrogen-bond acceptors (Lipinski definition) is 9. The lowest BCUT2D eigenvalue weighted by molar-refractivity contribution is -0.0562. The fraction of sp³-hybridized carbons (Fsp3) is 1.00. The first kappa shape index (κ1) is 19.7. The molecule has 132 valence electrons. The molecule has 11 heteroatoms. The fourth-order valence-electron chi connectivity index (χ4n) is 2.89. The molecule has 1 aliphatic rings. The van der Waals surface area contributed by atoms with Crippen molar-refractivity contribution in [2.24, 2.45) is 11.8 Å². The van der Waals surface area contributed by atoms with Crippen LogP contribution in [0.1, 0.15) is 12.8 Å². The highest BCUT2D eigenvalue weighted by Gasteiger charge is 2.46. The monoisotopic (exact) mass is 346 g/mol. The average Bonchev–Trinajstić information content (AvgIpc) is 2.69. The molecule has 7 N–H and O–H groups in total. The summed E-state index contributed by atoms with van der Waals surface area (Å²) in [5.41, 5.74) is 0. The van der Waals surface area contributed by atoms with Crippen molar-refractivity contribution < 1.29 is 47.8 Å². The van der Waals surface area contributed by atoms with Gasteiger partial charge in [-0.05, 0) is 18.8 Å². The Labute approximate surface area is 127 Å². The van der Waals surface area contributed by atoms with E-state index in [4.69, 9.17) is 14.8 Å². The molecule has 0 unspecified atom stereocenters. The van der Waals surface area contributed by atoms with Gasteiger partial charge in [0.25, 0.3) is 0 Å². The summed E-state index contributed by atoms with van der Waals surface area (Å²) in [7, 11) is -4.88.